The van der Waals surface area contributed by atoms with E-state index in [0.717, 1.165) is 31.8 Å². The zero-order valence-electron chi connectivity index (χ0n) is 14.7. The highest BCUT2D eigenvalue weighted by Crippen LogP contribution is 2.37. The van der Waals surface area contributed by atoms with Gasteiger partial charge in [-0.3, -0.25) is 19.9 Å². The summed E-state index contributed by atoms with van der Waals surface area (Å²) in [7, 11) is 0. The van der Waals surface area contributed by atoms with Crippen LogP contribution in [0.15, 0.2) is 66.4 Å². The Labute approximate surface area is 153 Å². The molecule has 5 heteroatoms. The zero-order chi connectivity index (χ0) is 18.0. The number of hydrogen-bond acceptors (Lipinski definition) is 3. The Morgan fingerprint density at radius 1 is 1.04 bits per heavy atom. The predicted molar refractivity (Wildman–Crippen MR) is 100 cm³/mol. The van der Waals surface area contributed by atoms with Crippen LogP contribution in [-0.4, -0.2) is 40.4 Å². The van der Waals surface area contributed by atoms with Crippen LogP contribution in [0.1, 0.15) is 24.8 Å². The molecule has 134 valence electrons. The Kier molecular flexibility index (Phi) is 4.47. The Bertz CT molecular complexity index is 787. The van der Waals surface area contributed by atoms with Crippen molar-refractivity contribution in [1.82, 2.24) is 15.1 Å². The highest BCUT2D eigenvalue weighted by Gasteiger charge is 2.54. The molecule has 1 spiro atoms. The summed E-state index contributed by atoms with van der Waals surface area (Å²) in [5, 5.41) is 2.54. The van der Waals surface area contributed by atoms with E-state index < -0.39 is 5.54 Å². The lowest BCUT2D eigenvalue weighted by atomic mass is 9.85. The number of carbonyl (C=O) groups excluding carboxylic acids is 2. The van der Waals surface area contributed by atoms with Gasteiger partial charge in [0.15, 0.2) is 0 Å². The van der Waals surface area contributed by atoms with Gasteiger partial charge in [-0.1, -0.05) is 48.6 Å². The van der Waals surface area contributed by atoms with Crippen LogP contribution in [-0.2, 0) is 11.3 Å². The molecule has 5 nitrogen and oxygen atoms in total. The van der Waals surface area contributed by atoms with Crippen molar-refractivity contribution in [3.8, 4) is 0 Å². The Morgan fingerprint density at radius 3 is 2.58 bits per heavy atom. The van der Waals surface area contributed by atoms with E-state index in [1.165, 1.54) is 5.56 Å². The van der Waals surface area contributed by atoms with E-state index in [1.54, 1.807) is 4.90 Å². The molecule has 3 amide bonds. The van der Waals surface area contributed by atoms with Gasteiger partial charge >= 0.3 is 6.03 Å². The Balaban J connectivity index is 1.53. The molecular formula is C21H23N3O2. The zero-order valence-corrected chi connectivity index (χ0v) is 14.7. The van der Waals surface area contributed by atoms with Crippen molar-refractivity contribution < 1.29 is 9.59 Å². The topological polar surface area (TPSA) is 52.7 Å². The fourth-order valence-electron chi connectivity index (χ4n) is 4.02. The van der Waals surface area contributed by atoms with Gasteiger partial charge < -0.3 is 0 Å². The number of imide groups is 1. The van der Waals surface area contributed by atoms with Gasteiger partial charge in [0.2, 0.25) is 0 Å². The van der Waals surface area contributed by atoms with Gasteiger partial charge in [0.1, 0.15) is 5.54 Å². The largest absolute Gasteiger partial charge is 0.329 e. The maximum absolute atomic E-state index is 12.7. The van der Waals surface area contributed by atoms with E-state index in [9.17, 15) is 9.59 Å². The third-order valence-electron chi connectivity index (χ3n) is 5.43. The van der Waals surface area contributed by atoms with E-state index in [0.29, 0.717) is 12.8 Å². The summed E-state index contributed by atoms with van der Waals surface area (Å²) in [6.07, 6.45) is 12.0. The van der Waals surface area contributed by atoms with Crippen molar-refractivity contribution in [2.45, 2.75) is 31.3 Å². The van der Waals surface area contributed by atoms with Crippen LogP contribution in [0.25, 0.3) is 0 Å². The predicted octanol–water partition coefficient (Wildman–Crippen LogP) is 2.97. The number of piperidine rings is 1. The second-order valence-electron chi connectivity index (χ2n) is 7.05. The fourth-order valence-corrected chi connectivity index (χ4v) is 4.02. The van der Waals surface area contributed by atoms with Crippen molar-refractivity contribution in [2.75, 3.05) is 13.1 Å². The molecule has 1 aromatic carbocycles. The quantitative estimate of drug-likeness (QED) is 0.854. The number of allylic oxidation sites excluding steroid dienone is 5. The summed E-state index contributed by atoms with van der Waals surface area (Å²) in [6, 6.07) is 10.0. The molecular weight excluding hydrogens is 326 g/mol. The van der Waals surface area contributed by atoms with Gasteiger partial charge in [0.25, 0.3) is 5.91 Å². The third kappa shape index (κ3) is 2.99. The summed E-state index contributed by atoms with van der Waals surface area (Å²) >= 11 is 0. The average molecular weight is 349 g/mol. The highest BCUT2D eigenvalue weighted by atomic mass is 16.2. The van der Waals surface area contributed by atoms with Gasteiger partial charge in [-0.2, -0.15) is 0 Å². The molecule has 0 atom stereocenters. The van der Waals surface area contributed by atoms with Crippen LogP contribution < -0.4 is 5.32 Å². The average Bonchev–Trinajstić information content (AvgIpc) is 2.84. The number of urea groups is 1. The van der Waals surface area contributed by atoms with Crippen LogP contribution in [0.5, 0.6) is 0 Å². The molecule has 26 heavy (non-hydrogen) atoms. The minimum atomic E-state index is -0.765. The van der Waals surface area contributed by atoms with Gasteiger partial charge in [-0.15, -0.1) is 0 Å². The van der Waals surface area contributed by atoms with E-state index in [4.69, 9.17) is 0 Å². The van der Waals surface area contributed by atoms with Crippen LogP contribution in [0, 0.1) is 0 Å². The molecule has 3 aliphatic rings. The highest BCUT2D eigenvalue weighted by molar-refractivity contribution is 6.08. The first-order chi connectivity index (χ1) is 12.7. The maximum Gasteiger partial charge on any atom is 0.329 e. The molecule has 1 N–H and O–H groups in total. The second-order valence-corrected chi connectivity index (χ2v) is 7.05. The minimum absolute atomic E-state index is 0.163. The molecule has 1 aromatic rings. The smallest absolute Gasteiger partial charge is 0.299 e. The number of nitrogens with zero attached hydrogens (tertiary/aromatic N) is 2. The van der Waals surface area contributed by atoms with Crippen LogP contribution in [0.3, 0.4) is 0 Å². The third-order valence-corrected chi connectivity index (χ3v) is 5.43. The van der Waals surface area contributed by atoms with E-state index in [1.807, 2.05) is 48.6 Å². The Morgan fingerprint density at radius 2 is 1.81 bits per heavy atom. The Hall–Kier alpha value is -2.66. The number of carbonyl (C=O) groups is 2. The molecule has 2 fully saturated rings. The van der Waals surface area contributed by atoms with Gasteiger partial charge in [-0.25, -0.2) is 4.79 Å². The van der Waals surface area contributed by atoms with Crippen molar-refractivity contribution in [1.29, 1.82) is 0 Å². The lowest BCUT2D eigenvalue weighted by molar-refractivity contribution is -0.128. The number of rotatable bonds is 3. The number of amides is 3. The summed E-state index contributed by atoms with van der Waals surface area (Å²) in [5.41, 5.74) is 1.30. The van der Waals surface area contributed by atoms with Gasteiger partial charge in [-0.05, 0) is 37.0 Å². The molecule has 4 rings (SSSR count). The normalized spacial score (nSPS) is 22.5. The summed E-state index contributed by atoms with van der Waals surface area (Å²) in [4.78, 5) is 29.3. The molecule has 0 radical (unpaired) electrons. The summed E-state index contributed by atoms with van der Waals surface area (Å²) in [5.74, 6) is -0.163. The number of nitrogens with one attached hydrogen (secondary N) is 1. The molecule has 0 aromatic heterocycles. The van der Waals surface area contributed by atoms with Gasteiger partial charge in [0, 0.05) is 25.3 Å². The fraction of sp³-hybridized carbons (Fsp3) is 0.333. The SMILES string of the molecule is O=C1NC(=O)C2(CCN(Cc3ccccc3)CC2)N1C1=CC=CCC=C1. The van der Waals surface area contributed by atoms with E-state index in [2.05, 4.69) is 22.3 Å². The lowest BCUT2D eigenvalue weighted by Gasteiger charge is -2.42. The minimum Gasteiger partial charge on any atom is -0.299 e. The summed E-state index contributed by atoms with van der Waals surface area (Å²) < 4.78 is 0. The molecule has 0 bridgehead atoms. The van der Waals surface area contributed by atoms with Crippen molar-refractivity contribution in [3.05, 3.63) is 72.0 Å². The van der Waals surface area contributed by atoms with Crippen molar-refractivity contribution in [3.63, 3.8) is 0 Å². The monoisotopic (exact) mass is 349 g/mol. The first-order valence-corrected chi connectivity index (χ1v) is 9.14. The first-order valence-electron chi connectivity index (χ1n) is 9.14. The van der Waals surface area contributed by atoms with E-state index in [-0.39, 0.29) is 11.9 Å². The molecule has 0 unspecified atom stereocenters. The molecule has 2 aliphatic heterocycles. The standard InChI is InChI=1S/C21H23N3O2/c25-19-21(24(20(26)22-19)18-10-6-1-2-7-11-18)12-14-23(15-13-21)16-17-8-4-3-5-9-17/h1,3-11H,2,12-16H2,(H,22,25,26). The molecule has 2 saturated heterocycles. The molecule has 2 heterocycles. The number of benzene rings is 1. The molecule has 0 saturated carbocycles. The van der Waals surface area contributed by atoms with Gasteiger partial charge in [0.05, 0.1) is 0 Å². The second kappa shape index (κ2) is 6.92. The first kappa shape index (κ1) is 16.8. The number of likely N-dealkylation sites (tertiary alicyclic amines) is 1. The number of hydrogen-bond donors (Lipinski definition) is 1. The van der Waals surface area contributed by atoms with Crippen LogP contribution in [0.2, 0.25) is 0 Å². The maximum atomic E-state index is 12.7. The van der Waals surface area contributed by atoms with Crippen LogP contribution in [0.4, 0.5) is 4.79 Å². The summed E-state index contributed by atoms with van der Waals surface area (Å²) in [6.45, 7) is 2.45. The lowest BCUT2D eigenvalue weighted by Crippen LogP contribution is -2.55. The van der Waals surface area contributed by atoms with E-state index >= 15 is 0 Å². The molecule has 1 aliphatic carbocycles. The van der Waals surface area contributed by atoms with Crippen molar-refractivity contribution in [2.24, 2.45) is 0 Å². The van der Waals surface area contributed by atoms with Crippen LogP contribution >= 0.6 is 0 Å². The van der Waals surface area contributed by atoms with Crippen molar-refractivity contribution >= 4 is 11.9 Å².